The Hall–Kier alpha value is -0.780. The molecule has 1 amide bonds. The van der Waals surface area contributed by atoms with Gasteiger partial charge in [0.15, 0.2) is 0 Å². The third-order valence-electron chi connectivity index (χ3n) is 2.79. The Morgan fingerprint density at radius 2 is 1.83 bits per heavy atom. The highest BCUT2D eigenvalue weighted by Crippen LogP contribution is 2.26. The second-order valence-corrected chi connectivity index (χ2v) is 5.49. The molecule has 0 aromatic heterocycles. The number of hydrogen-bond acceptors (Lipinski definition) is 2. The summed E-state index contributed by atoms with van der Waals surface area (Å²) in [7, 11) is 0. The maximum absolute atomic E-state index is 12.1. The van der Waals surface area contributed by atoms with E-state index in [2.05, 4.69) is 5.32 Å². The van der Waals surface area contributed by atoms with Gasteiger partial charge in [0, 0.05) is 12.5 Å². The van der Waals surface area contributed by atoms with E-state index in [1.165, 1.54) is 6.92 Å². The monoisotopic (exact) mass is 268 g/mol. The summed E-state index contributed by atoms with van der Waals surface area (Å²) < 4.78 is 36.2. The first-order chi connectivity index (χ1) is 8.06. The predicted molar refractivity (Wildman–Crippen MR) is 65.0 cm³/mol. The first kappa shape index (κ1) is 17.2. The summed E-state index contributed by atoms with van der Waals surface area (Å²) in [6.45, 7) is 5.88. The van der Waals surface area contributed by atoms with Gasteiger partial charge in [-0.05, 0) is 31.7 Å². The van der Waals surface area contributed by atoms with Gasteiger partial charge in [-0.1, -0.05) is 13.8 Å². The fourth-order valence-electron chi connectivity index (χ4n) is 1.71. The first-order valence-electron chi connectivity index (χ1n) is 6.12. The van der Waals surface area contributed by atoms with Crippen LogP contribution in [0.3, 0.4) is 0 Å². The minimum atomic E-state index is -4.24. The molecule has 1 atom stereocenters. The van der Waals surface area contributed by atoms with Gasteiger partial charge in [0.2, 0.25) is 5.91 Å². The second kappa shape index (κ2) is 6.97. The minimum Gasteiger partial charge on any atom is -0.353 e. The molecule has 0 fully saturated rings. The van der Waals surface area contributed by atoms with Crippen molar-refractivity contribution in [1.29, 1.82) is 0 Å². The topological polar surface area (TPSA) is 55.1 Å². The molecule has 0 radical (unpaired) electrons. The lowest BCUT2D eigenvalue weighted by molar-refractivity contribution is -0.141. The first-order valence-corrected chi connectivity index (χ1v) is 6.12. The molecule has 1 unspecified atom stereocenters. The van der Waals surface area contributed by atoms with Crippen LogP contribution in [0.15, 0.2) is 0 Å². The Morgan fingerprint density at radius 3 is 2.28 bits per heavy atom. The Balaban J connectivity index is 3.98. The molecule has 3 nitrogen and oxygen atoms in total. The zero-order chi connectivity index (χ0) is 14.4. The number of nitrogens with two attached hydrogens (primary N) is 1. The highest BCUT2D eigenvalue weighted by molar-refractivity contribution is 5.76. The van der Waals surface area contributed by atoms with Crippen LogP contribution in [0, 0.1) is 5.41 Å². The molecule has 0 rings (SSSR count). The van der Waals surface area contributed by atoms with Crippen molar-refractivity contribution in [2.24, 2.45) is 11.1 Å². The van der Waals surface area contributed by atoms with Crippen LogP contribution in [0.5, 0.6) is 0 Å². The van der Waals surface area contributed by atoms with E-state index in [4.69, 9.17) is 5.73 Å². The van der Waals surface area contributed by atoms with Crippen molar-refractivity contribution in [2.45, 2.75) is 58.7 Å². The summed E-state index contributed by atoms with van der Waals surface area (Å²) in [5.74, 6) is -0.336. The number of carbonyl (C=O) groups excluding carboxylic acids is 1. The Labute approximate surface area is 106 Å². The van der Waals surface area contributed by atoms with E-state index >= 15 is 0 Å². The largest absolute Gasteiger partial charge is 0.391 e. The number of amides is 1. The number of hydrogen-bond donors (Lipinski definition) is 2. The molecule has 0 aromatic carbocycles. The summed E-state index contributed by atoms with van der Waals surface area (Å²) in [5.41, 5.74) is 5.39. The van der Waals surface area contributed by atoms with Crippen LogP contribution in [-0.4, -0.2) is 24.7 Å². The van der Waals surface area contributed by atoms with Crippen LogP contribution < -0.4 is 11.1 Å². The van der Waals surface area contributed by atoms with Crippen LogP contribution in [0.1, 0.15) is 46.5 Å². The van der Waals surface area contributed by atoms with Gasteiger partial charge in [-0.3, -0.25) is 4.79 Å². The Bertz CT molecular complexity index is 265. The molecule has 0 spiro atoms. The van der Waals surface area contributed by atoms with Crippen molar-refractivity contribution in [3.63, 3.8) is 0 Å². The van der Waals surface area contributed by atoms with E-state index in [1.54, 1.807) is 0 Å². The van der Waals surface area contributed by atoms with Crippen molar-refractivity contribution in [3.05, 3.63) is 0 Å². The van der Waals surface area contributed by atoms with Crippen molar-refractivity contribution < 1.29 is 18.0 Å². The fourth-order valence-corrected chi connectivity index (χ4v) is 1.71. The lowest BCUT2D eigenvalue weighted by Gasteiger charge is -2.24. The minimum absolute atomic E-state index is 0.0562. The van der Waals surface area contributed by atoms with Gasteiger partial charge >= 0.3 is 6.18 Å². The van der Waals surface area contributed by atoms with Gasteiger partial charge in [0.25, 0.3) is 0 Å². The van der Waals surface area contributed by atoms with Gasteiger partial charge in [-0.25, -0.2) is 0 Å². The molecular formula is C12H23F3N2O. The van der Waals surface area contributed by atoms with Crippen molar-refractivity contribution in [1.82, 2.24) is 5.32 Å². The van der Waals surface area contributed by atoms with Crippen LogP contribution in [0.4, 0.5) is 13.2 Å². The van der Waals surface area contributed by atoms with Gasteiger partial charge in [-0.2, -0.15) is 13.2 Å². The average Bonchev–Trinajstić information content (AvgIpc) is 2.11. The normalized spacial score (nSPS) is 14.4. The van der Waals surface area contributed by atoms with E-state index in [0.717, 1.165) is 6.42 Å². The third-order valence-corrected chi connectivity index (χ3v) is 2.79. The van der Waals surface area contributed by atoms with Gasteiger partial charge in [0.1, 0.15) is 0 Å². The maximum atomic E-state index is 12.1. The lowest BCUT2D eigenvalue weighted by atomic mass is 9.84. The van der Waals surface area contributed by atoms with Crippen molar-refractivity contribution >= 4 is 5.91 Å². The highest BCUT2D eigenvalue weighted by Gasteiger charge is 2.30. The van der Waals surface area contributed by atoms with E-state index < -0.39 is 18.6 Å². The summed E-state index contributed by atoms with van der Waals surface area (Å²) in [6, 6.07) is -0.880. The number of nitrogens with one attached hydrogen (secondary N) is 1. The summed E-state index contributed by atoms with van der Waals surface area (Å²) >= 11 is 0. The molecule has 108 valence electrons. The van der Waals surface area contributed by atoms with E-state index in [9.17, 15) is 18.0 Å². The van der Waals surface area contributed by atoms with E-state index in [1.807, 2.05) is 13.8 Å². The molecule has 6 heteroatoms. The molecular weight excluding hydrogens is 245 g/mol. The standard InChI is InChI=1S/C12H23F3N2O/c1-9(8-12(13,14)15)17-10(18)4-5-11(2,3)6-7-16/h9H,4-8,16H2,1-3H3,(H,17,18). The smallest absolute Gasteiger partial charge is 0.353 e. The molecule has 0 bridgehead atoms. The second-order valence-electron chi connectivity index (χ2n) is 5.49. The SMILES string of the molecule is CC(CC(F)(F)F)NC(=O)CCC(C)(C)CCN. The molecule has 0 aliphatic heterocycles. The lowest BCUT2D eigenvalue weighted by Crippen LogP contribution is -2.36. The van der Waals surface area contributed by atoms with Crippen LogP contribution >= 0.6 is 0 Å². The average molecular weight is 268 g/mol. The van der Waals surface area contributed by atoms with E-state index in [0.29, 0.717) is 13.0 Å². The molecule has 0 aliphatic carbocycles. The van der Waals surface area contributed by atoms with Crippen molar-refractivity contribution in [2.75, 3.05) is 6.54 Å². The van der Waals surface area contributed by atoms with E-state index in [-0.39, 0.29) is 17.7 Å². The van der Waals surface area contributed by atoms with Gasteiger partial charge < -0.3 is 11.1 Å². The Kier molecular flexibility index (Phi) is 6.67. The fraction of sp³-hybridized carbons (Fsp3) is 0.917. The number of alkyl halides is 3. The van der Waals surface area contributed by atoms with Crippen LogP contribution in [0.25, 0.3) is 0 Å². The molecule has 0 aromatic rings. The zero-order valence-electron chi connectivity index (χ0n) is 11.2. The number of rotatable bonds is 7. The number of halogens is 3. The quantitative estimate of drug-likeness (QED) is 0.745. The van der Waals surface area contributed by atoms with Gasteiger partial charge in [0.05, 0.1) is 6.42 Å². The zero-order valence-corrected chi connectivity index (χ0v) is 11.2. The predicted octanol–water partition coefficient (Wildman–Crippen LogP) is 2.60. The molecule has 18 heavy (non-hydrogen) atoms. The molecule has 0 saturated carbocycles. The summed E-state index contributed by atoms with van der Waals surface area (Å²) in [6.07, 6.45) is -3.60. The molecule has 0 aliphatic rings. The van der Waals surface area contributed by atoms with Gasteiger partial charge in [-0.15, -0.1) is 0 Å². The number of carbonyl (C=O) groups is 1. The van der Waals surface area contributed by atoms with Crippen molar-refractivity contribution in [3.8, 4) is 0 Å². The van der Waals surface area contributed by atoms with Crippen LogP contribution in [0.2, 0.25) is 0 Å². The Morgan fingerprint density at radius 1 is 1.28 bits per heavy atom. The van der Waals surface area contributed by atoms with Crippen LogP contribution in [-0.2, 0) is 4.79 Å². The summed E-state index contributed by atoms with van der Waals surface area (Å²) in [4.78, 5) is 11.5. The highest BCUT2D eigenvalue weighted by atomic mass is 19.4. The maximum Gasteiger partial charge on any atom is 0.391 e. The molecule has 0 saturated heterocycles. The molecule has 3 N–H and O–H groups in total. The third kappa shape index (κ3) is 9.27. The summed E-state index contributed by atoms with van der Waals surface area (Å²) in [5, 5.41) is 2.36. The molecule has 0 heterocycles.